The van der Waals surface area contributed by atoms with Gasteiger partial charge in [-0.2, -0.15) is 0 Å². The molecule has 0 saturated carbocycles. The van der Waals surface area contributed by atoms with Crippen LogP contribution in [-0.2, 0) is 4.79 Å². The predicted molar refractivity (Wildman–Crippen MR) is 46.6 cm³/mol. The minimum absolute atomic E-state index is 0.543. The lowest BCUT2D eigenvalue weighted by Gasteiger charge is -1.92. The molecule has 1 nitrogen and oxygen atoms in total. The van der Waals surface area contributed by atoms with Gasteiger partial charge in [0.15, 0.2) is 0 Å². The molecule has 0 amide bonds. The summed E-state index contributed by atoms with van der Waals surface area (Å²) in [5, 5.41) is 0. The number of halogens is 2. The smallest absolute Gasteiger partial charge is 0.233 e. The predicted octanol–water partition coefficient (Wildman–Crippen LogP) is 2.67. The Labute approximate surface area is 75.7 Å². The number of hydrogen-bond donors (Lipinski definition) is 0. The van der Waals surface area contributed by atoms with Crippen molar-refractivity contribution in [2.45, 2.75) is 0 Å². The molecule has 51 valence electrons. The highest BCUT2D eigenvalue weighted by Gasteiger charge is 1.95. The van der Waals surface area contributed by atoms with E-state index >= 15 is 0 Å². The highest BCUT2D eigenvalue weighted by atomic mass is 79.9. The molecule has 1 rings (SSSR count). The summed E-state index contributed by atoms with van der Waals surface area (Å²) in [5.74, 6) is 0. The van der Waals surface area contributed by atoms with E-state index in [1.807, 2.05) is 6.07 Å². The first kappa shape index (κ1) is 7.95. The van der Waals surface area contributed by atoms with Crippen molar-refractivity contribution in [1.29, 1.82) is 0 Å². The Morgan fingerprint density at radius 3 is 2.00 bits per heavy atom. The van der Waals surface area contributed by atoms with Crippen LogP contribution in [0.5, 0.6) is 0 Å². The minimum atomic E-state index is 0.543. The molecule has 0 saturated heterocycles. The van der Waals surface area contributed by atoms with Crippen molar-refractivity contribution >= 4 is 38.1 Å². The molecule has 0 N–H and O–H groups in total. The molecule has 0 spiro atoms. The van der Waals surface area contributed by atoms with Crippen LogP contribution >= 0.6 is 31.9 Å². The van der Waals surface area contributed by atoms with E-state index in [-0.39, 0.29) is 0 Å². The van der Waals surface area contributed by atoms with Crippen LogP contribution in [0.1, 0.15) is 5.56 Å². The molecule has 3 heteroatoms. The van der Waals surface area contributed by atoms with Gasteiger partial charge in [0.2, 0.25) is 6.29 Å². The molecule has 0 aromatic heterocycles. The Bertz CT molecular complexity index is 238. The molecular formula is C7H3Br2O. The van der Waals surface area contributed by atoms with Gasteiger partial charge in [-0.15, -0.1) is 0 Å². The van der Waals surface area contributed by atoms with E-state index in [9.17, 15) is 4.79 Å². The summed E-state index contributed by atoms with van der Waals surface area (Å²) in [6, 6.07) is 5.27. The van der Waals surface area contributed by atoms with Gasteiger partial charge in [0.05, 0.1) is 0 Å². The van der Waals surface area contributed by atoms with Crippen LogP contribution < -0.4 is 0 Å². The molecule has 0 aliphatic rings. The standard InChI is InChI=1S/C7H3Br2O/c8-6-1-5(4-10)2-7(9)3-6/h1-3H. The molecule has 0 aliphatic heterocycles. The summed E-state index contributed by atoms with van der Waals surface area (Å²) in [7, 11) is 0. The monoisotopic (exact) mass is 261 g/mol. The van der Waals surface area contributed by atoms with Crippen molar-refractivity contribution in [1.82, 2.24) is 0 Å². The van der Waals surface area contributed by atoms with Crippen LogP contribution in [-0.4, -0.2) is 6.29 Å². The lowest BCUT2D eigenvalue weighted by molar-refractivity contribution is 0.562. The van der Waals surface area contributed by atoms with Gasteiger partial charge in [0.1, 0.15) is 0 Å². The van der Waals surface area contributed by atoms with Crippen LogP contribution in [0.25, 0.3) is 0 Å². The van der Waals surface area contributed by atoms with E-state index in [1.54, 1.807) is 18.4 Å². The number of benzene rings is 1. The third-order valence-electron chi connectivity index (χ3n) is 0.980. The highest BCUT2D eigenvalue weighted by molar-refractivity contribution is 9.11. The quantitative estimate of drug-likeness (QED) is 0.761. The number of hydrogen-bond acceptors (Lipinski definition) is 1. The molecular weight excluding hydrogens is 260 g/mol. The largest absolute Gasteiger partial charge is 0.285 e. The van der Waals surface area contributed by atoms with E-state index in [2.05, 4.69) is 31.9 Å². The fourth-order valence-corrected chi connectivity index (χ4v) is 1.91. The van der Waals surface area contributed by atoms with Gasteiger partial charge < -0.3 is 0 Å². The van der Waals surface area contributed by atoms with E-state index in [4.69, 9.17) is 0 Å². The van der Waals surface area contributed by atoms with Crippen LogP contribution in [0.15, 0.2) is 27.1 Å². The van der Waals surface area contributed by atoms with Crippen molar-refractivity contribution in [2.75, 3.05) is 0 Å². The maximum absolute atomic E-state index is 10.1. The number of carbonyl (C=O) groups excluding carboxylic acids is 1. The van der Waals surface area contributed by atoms with Gasteiger partial charge in [-0.25, -0.2) is 0 Å². The molecule has 1 aromatic carbocycles. The molecule has 0 aliphatic carbocycles. The fraction of sp³-hybridized carbons (Fsp3) is 0. The molecule has 0 atom stereocenters. The van der Waals surface area contributed by atoms with Gasteiger partial charge in [-0.1, -0.05) is 31.9 Å². The maximum Gasteiger partial charge on any atom is 0.233 e. The maximum atomic E-state index is 10.1. The van der Waals surface area contributed by atoms with Crippen molar-refractivity contribution in [3.05, 3.63) is 32.7 Å². The van der Waals surface area contributed by atoms with E-state index in [0.717, 1.165) is 8.95 Å². The molecule has 0 fully saturated rings. The summed E-state index contributed by atoms with van der Waals surface area (Å²) >= 11 is 6.49. The highest BCUT2D eigenvalue weighted by Crippen LogP contribution is 2.18. The average Bonchev–Trinajstić information content (AvgIpc) is 1.85. The Balaban J connectivity index is 3.18. The van der Waals surface area contributed by atoms with Gasteiger partial charge in [-0.3, -0.25) is 4.79 Å². The zero-order valence-corrected chi connectivity index (χ0v) is 8.07. The van der Waals surface area contributed by atoms with Gasteiger partial charge in [0.25, 0.3) is 0 Å². The summed E-state index contributed by atoms with van der Waals surface area (Å²) in [5.41, 5.74) is 0.543. The normalized spacial score (nSPS) is 9.40. The van der Waals surface area contributed by atoms with E-state index < -0.39 is 0 Å². The fourth-order valence-electron chi connectivity index (χ4n) is 0.613. The van der Waals surface area contributed by atoms with Crippen molar-refractivity contribution in [3.8, 4) is 0 Å². The summed E-state index contributed by atoms with van der Waals surface area (Å²) in [6.45, 7) is 0. The topological polar surface area (TPSA) is 17.1 Å². The molecule has 0 unspecified atom stereocenters. The Morgan fingerprint density at radius 1 is 1.10 bits per heavy atom. The van der Waals surface area contributed by atoms with Crippen LogP contribution in [0.2, 0.25) is 0 Å². The van der Waals surface area contributed by atoms with Crippen molar-refractivity contribution in [3.63, 3.8) is 0 Å². The second-order valence-electron chi connectivity index (χ2n) is 1.76. The Kier molecular flexibility index (Phi) is 2.63. The lowest BCUT2D eigenvalue weighted by atomic mass is 10.2. The molecule has 1 aromatic rings. The van der Waals surface area contributed by atoms with Gasteiger partial charge in [0, 0.05) is 14.5 Å². The Morgan fingerprint density at radius 2 is 1.60 bits per heavy atom. The minimum Gasteiger partial charge on any atom is -0.285 e. The Hall–Kier alpha value is -0.150. The van der Waals surface area contributed by atoms with Gasteiger partial charge in [-0.05, 0) is 18.2 Å². The lowest BCUT2D eigenvalue weighted by Crippen LogP contribution is -1.78. The van der Waals surface area contributed by atoms with E-state index in [0.29, 0.717) is 5.56 Å². The van der Waals surface area contributed by atoms with E-state index in [1.165, 1.54) is 0 Å². The second-order valence-corrected chi connectivity index (χ2v) is 3.59. The molecule has 0 bridgehead atoms. The van der Waals surface area contributed by atoms with Crippen molar-refractivity contribution < 1.29 is 4.79 Å². The number of rotatable bonds is 1. The summed E-state index contributed by atoms with van der Waals surface area (Å²) in [4.78, 5) is 10.1. The van der Waals surface area contributed by atoms with Crippen LogP contribution in [0.3, 0.4) is 0 Å². The van der Waals surface area contributed by atoms with Gasteiger partial charge >= 0.3 is 0 Å². The average molecular weight is 263 g/mol. The second kappa shape index (κ2) is 3.30. The first-order valence-corrected chi connectivity index (χ1v) is 4.15. The zero-order valence-electron chi connectivity index (χ0n) is 4.90. The van der Waals surface area contributed by atoms with Crippen LogP contribution in [0.4, 0.5) is 0 Å². The third-order valence-corrected chi connectivity index (χ3v) is 1.90. The molecule has 10 heavy (non-hydrogen) atoms. The van der Waals surface area contributed by atoms with Crippen LogP contribution in [0, 0.1) is 0 Å². The zero-order chi connectivity index (χ0) is 7.56. The molecule has 0 heterocycles. The molecule has 1 radical (unpaired) electrons. The third kappa shape index (κ3) is 1.92. The summed E-state index contributed by atoms with van der Waals surface area (Å²) < 4.78 is 1.75. The SMILES string of the molecule is O=[C]c1cc(Br)cc(Br)c1. The first-order chi connectivity index (χ1) is 4.72. The first-order valence-electron chi connectivity index (χ1n) is 2.56. The van der Waals surface area contributed by atoms with Crippen molar-refractivity contribution in [2.24, 2.45) is 0 Å². The summed E-state index contributed by atoms with van der Waals surface area (Å²) in [6.07, 6.45) is 1.80.